The lowest BCUT2D eigenvalue weighted by Gasteiger charge is -2.22. The Kier molecular flexibility index (Phi) is 7.94. The number of aryl methyl sites for hydroxylation is 2. The van der Waals surface area contributed by atoms with Gasteiger partial charge in [0.2, 0.25) is 11.8 Å². The van der Waals surface area contributed by atoms with Crippen molar-refractivity contribution in [2.45, 2.75) is 40.3 Å². The van der Waals surface area contributed by atoms with Crippen LogP contribution in [-0.2, 0) is 11.3 Å². The summed E-state index contributed by atoms with van der Waals surface area (Å²) < 4.78 is 33.7. The van der Waals surface area contributed by atoms with Crippen LogP contribution in [0.3, 0.4) is 0 Å². The Hall–Kier alpha value is -3.81. The molecule has 2 aromatic carbocycles. The third kappa shape index (κ3) is 6.15. The van der Waals surface area contributed by atoms with Crippen molar-refractivity contribution >= 4 is 11.8 Å². The molecule has 0 spiro atoms. The van der Waals surface area contributed by atoms with E-state index >= 15 is 0 Å². The van der Waals surface area contributed by atoms with Crippen LogP contribution in [0.1, 0.15) is 40.9 Å². The molecule has 1 atom stereocenters. The zero-order chi connectivity index (χ0) is 24.8. The smallest absolute Gasteiger partial charge is 0.257 e. The van der Waals surface area contributed by atoms with E-state index in [9.17, 15) is 18.4 Å². The number of benzene rings is 2. The second-order valence-corrected chi connectivity index (χ2v) is 8.39. The lowest BCUT2D eigenvalue weighted by molar-refractivity contribution is -0.124. The summed E-state index contributed by atoms with van der Waals surface area (Å²) in [6, 6.07) is 11.5. The largest absolute Gasteiger partial charge is 0.439 e. The molecule has 34 heavy (non-hydrogen) atoms. The van der Waals surface area contributed by atoms with Gasteiger partial charge in [-0.05, 0) is 54.7 Å². The van der Waals surface area contributed by atoms with Gasteiger partial charge in [0.05, 0.1) is 0 Å². The minimum atomic E-state index is -0.991. The normalized spacial score (nSPS) is 11.7. The van der Waals surface area contributed by atoms with Gasteiger partial charge in [0.1, 0.15) is 29.0 Å². The van der Waals surface area contributed by atoms with E-state index in [0.717, 1.165) is 34.6 Å². The van der Waals surface area contributed by atoms with E-state index in [2.05, 4.69) is 15.6 Å². The van der Waals surface area contributed by atoms with Crippen molar-refractivity contribution < 1.29 is 23.1 Å². The molecule has 0 unspecified atom stereocenters. The molecule has 3 aromatic rings. The van der Waals surface area contributed by atoms with Gasteiger partial charge in [0, 0.05) is 18.8 Å². The first-order valence-corrected chi connectivity index (χ1v) is 10.9. The van der Waals surface area contributed by atoms with Crippen LogP contribution >= 0.6 is 0 Å². The molecule has 0 saturated carbocycles. The van der Waals surface area contributed by atoms with Crippen molar-refractivity contribution in [3.8, 4) is 11.6 Å². The van der Waals surface area contributed by atoms with Crippen LogP contribution in [0.4, 0.5) is 8.78 Å². The van der Waals surface area contributed by atoms with Gasteiger partial charge in [0.25, 0.3) is 5.91 Å². The second kappa shape index (κ2) is 10.9. The van der Waals surface area contributed by atoms with E-state index in [1.807, 2.05) is 32.0 Å². The Morgan fingerprint density at radius 2 is 1.74 bits per heavy atom. The molecule has 0 aliphatic rings. The highest BCUT2D eigenvalue weighted by Gasteiger charge is 2.27. The molecule has 0 radical (unpaired) electrons. The van der Waals surface area contributed by atoms with Crippen LogP contribution in [0.15, 0.2) is 54.7 Å². The molecule has 1 aromatic heterocycles. The van der Waals surface area contributed by atoms with Gasteiger partial charge >= 0.3 is 0 Å². The summed E-state index contributed by atoms with van der Waals surface area (Å²) in [5.74, 6) is -2.62. The van der Waals surface area contributed by atoms with E-state index in [1.165, 1.54) is 6.07 Å². The fourth-order valence-corrected chi connectivity index (χ4v) is 3.27. The molecule has 178 valence electrons. The van der Waals surface area contributed by atoms with Crippen LogP contribution in [0.2, 0.25) is 0 Å². The van der Waals surface area contributed by atoms with Crippen molar-refractivity contribution in [3.05, 3.63) is 88.6 Å². The first-order valence-electron chi connectivity index (χ1n) is 10.9. The number of ether oxygens (including phenoxy) is 1. The third-order valence-corrected chi connectivity index (χ3v) is 5.25. The number of halogens is 2. The molecule has 1 heterocycles. The maximum absolute atomic E-state index is 13.9. The number of hydrogen-bond acceptors (Lipinski definition) is 4. The predicted molar refractivity (Wildman–Crippen MR) is 125 cm³/mol. The molecule has 0 aliphatic carbocycles. The highest BCUT2D eigenvalue weighted by Crippen LogP contribution is 2.24. The summed E-state index contributed by atoms with van der Waals surface area (Å²) in [6.07, 6.45) is 1.58. The van der Waals surface area contributed by atoms with Gasteiger partial charge in [-0.15, -0.1) is 0 Å². The highest BCUT2D eigenvalue weighted by molar-refractivity contribution is 5.98. The SMILES string of the molecule is Cc1ccc(C)c(Oc2ccc(CNC(=O)[C@@H](NC(=O)c3c(F)cccc3F)C(C)C)cn2)c1. The summed E-state index contributed by atoms with van der Waals surface area (Å²) in [5, 5.41) is 5.16. The van der Waals surface area contributed by atoms with E-state index < -0.39 is 35.1 Å². The second-order valence-electron chi connectivity index (χ2n) is 8.39. The van der Waals surface area contributed by atoms with Crippen molar-refractivity contribution in [1.82, 2.24) is 15.6 Å². The van der Waals surface area contributed by atoms with Gasteiger partial charge in [-0.2, -0.15) is 0 Å². The number of nitrogens with zero attached hydrogens (tertiary/aromatic N) is 1. The number of pyridine rings is 1. The maximum Gasteiger partial charge on any atom is 0.257 e. The molecule has 0 fully saturated rings. The molecular weight excluding hydrogens is 440 g/mol. The summed E-state index contributed by atoms with van der Waals surface area (Å²) >= 11 is 0. The number of hydrogen-bond donors (Lipinski definition) is 2. The zero-order valence-electron chi connectivity index (χ0n) is 19.5. The molecule has 8 heteroatoms. The van der Waals surface area contributed by atoms with E-state index in [0.29, 0.717) is 5.88 Å². The first-order chi connectivity index (χ1) is 16.2. The topological polar surface area (TPSA) is 80.3 Å². The molecule has 0 bridgehead atoms. The van der Waals surface area contributed by atoms with Gasteiger partial charge in [-0.3, -0.25) is 9.59 Å². The predicted octanol–water partition coefficient (Wildman–Crippen LogP) is 4.84. The van der Waals surface area contributed by atoms with Crippen LogP contribution in [0, 0.1) is 31.4 Å². The minimum Gasteiger partial charge on any atom is -0.439 e. The molecular formula is C26H27F2N3O3. The monoisotopic (exact) mass is 467 g/mol. The molecule has 3 rings (SSSR count). The Bertz CT molecular complexity index is 1160. The van der Waals surface area contributed by atoms with Crippen LogP contribution in [0.25, 0.3) is 0 Å². The number of nitrogens with one attached hydrogen (secondary N) is 2. The lowest BCUT2D eigenvalue weighted by atomic mass is 10.0. The van der Waals surface area contributed by atoms with Crippen molar-refractivity contribution in [2.75, 3.05) is 0 Å². The van der Waals surface area contributed by atoms with E-state index in [1.54, 1.807) is 32.2 Å². The Balaban J connectivity index is 1.61. The summed E-state index contributed by atoms with van der Waals surface area (Å²) in [4.78, 5) is 29.4. The number of rotatable bonds is 8. The van der Waals surface area contributed by atoms with E-state index in [4.69, 9.17) is 4.74 Å². The van der Waals surface area contributed by atoms with Gasteiger partial charge < -0.3 is 15.4 Å². The number of carbonyl (C=O) groups excluding carboxylic acids is 2. The average molecular weight is 468 g/mol. The van der Waals surface area contributed by atoms with Crippen molar-refractivity contribution in [3.63, 3.8) is 0 Å². The lowest BCUT2D eigenvalue weighted by Crippen LogP contribution is -2.49. The maximum atomic E-state index is 13.9. The number of carbonyl (C=O) groups is 2. The van der Waals surface area contributed by atoms with E-state index in [-0.39, 0.29) is 12.5 Å². The molecule has 0 saturated heterocycles. The highest BCUT2D eigenvalue weighted by atomic mass is 19.1. The molecule has 0 aliphatic heterocycles. The van der Waals surface area contributed by atoms with Crippen LogP contribution in [0.5, 0.6) is 11.6 Å². The standard InChI is InChI=1S/C26H27F2N3O3/c1-15(2)24(31-25(32)23-19(27)6-5-7-20(23)28)26(33)30-14-18-10-11-22(29-13-18)34-21-12-16(3)8-9-17(21)4/h5-13,15,24H,14H2,1-4H3,(H,30,33)(H,31,32)/t24-/m0/s1. The summed E-state index contributed by atoms with van der Waals surface area (Å²) in [6.45, 7) is 7.53. The van der Waals surface area contributed by atoms with Gasteiger partial charge in [-0.25, -0.2) is 13.8 Å². The summed E-state index contributed by atoms with van der Waals surface area (Å²) in [5.41, 5.74) is 2.06. The summed E-state index contributed by atoms with van der Waals surface area (Å²) in [7, 11) is 0. The third-order valence-electron chi connectivity index (χ3n) is 5.25. The number of amides is 2. The van der Waals surface area contributed by atoms with Crippen molar-refractivity contribution in [2.24, 2.45) is 5.92 Å². The average Bonchev–Trinajstić information content (AvgIpc) is 2.79. The Morgan fingerprint density at radius 1 is 1.03 bits per heavy atom. The quantitative estimate of drug-likeness (QED) is 0.497. The molecule has 2 N–H and O–H groups in total. The first kappa shape index (κ1) is 24.8. The fraction of sp³-hybridized carbons (Fsp3) is 0.269. The fourth-order valence-electron chi connectivity index (χ4n) is 3.27. The molecule has 2 amide bonds. The number of aromatic nitrogens is 1. The van der Waals surface area contributed by atoms with Gasteiger partial charge in [-0.1, -0.05) is 38.1 Å². The Labute approximate surface area is 197 Å². The van der Waals surface area contributed by atoms with Crippen LogP contribution < -0.4 is 15.4 Å². The van der Waals surface area contributed by atoms with Crippen molar-refractivity contribution in [1.29, 1.82) is 0 Å². The zero-order valence-corrected chi connectivity index (χ0v) is 19.5. The Morgan fingerprint density at radius 3 is 2.35 bits per heavy atom. The van der Waals surface area contributed by atoms with Crippen LogP contribution in [-0.4, -0.2) is 22.8 Å². The molecule has 6 nitrogen and oxygen atoms in total. The minimum absolute atomic E-state index is 0.155. The van der Waals surface area contributed by atoms with Gasteiger partial charge in [0.15, 0.2) is 0 Å².